The second-order valence-corrected chi connectivity index (χ2v) is 5.24. The van der Waals surface area contributed by atoms with Crippen molar-refractivity contribution in [2.45, 2.75) is 32.9 Å². The molecule has 5 heteroatoms. The van der Waals surface area contributed by atoms with E-state index in [0.29, 0.717) is 19.0 Å². The van der Waals surface area contributed by atoms with Crippen LogP contribution < -0.4 is 16.0 Å². The maximum atomic E-state index is 11.6. The summed E-state index contributed by atoms with van der Waals surface area (Å²) in [4.78, 5) is 22.4. The summed E-state index contributed by atoms with van der Waals surface area (Å²) >= 11 is 0. The van der Waals surface area contributed by atoms with Crippen molar-refractivity contribution in [3.05, 3.63) is 35.4 Å². The third-order valence-corrected chi connectivity index (χ3v) is 3.23. The summed E-state index contributed by atoms with van der Waals surface area (Å²) in [6.07, 6.45) is 2.46. The molecule has 1 saturated carbocycles. The average molecular weight is 275 g/mol. The van der Waals surface area contributed by atoms with E-state index in [9.17, 15) is 9.59 Å². The molecule has 3 N–H and O–H groups in total. The number of hydrogen-bond donors (Lipinski definition) is 3. The molecule has 0 aliphatic heterocycles. The lowest BCUT2D eigenvalue weighted by Gasteiger charge is -2.09. The van der Waals surface area contributed by atoms with Gasteiger partial charge in [0.15, 0.2) is 0 Å². The molecule has 0 saturated heterocycles. The Balaban J connectivity index is 1.74. The zero-order chi connectivity index (χ0) is 14.4. The Morgan fingerprint density at radius 2 is 1.75 bits per heavy atom. The quantitative estimate of drug-likeness (QED) is 0.737. The molecule has 108 valence electrons. The first-order valence-corrected chi connectivity index (χ1v) is 6.97. The minimum Gasteiger partial charge on any atom is -0.352 e. The second-order valence-electron chi connectivity index (χ2n) is 5.24. The van der Waals surface area contributed by atoms with Crippen LogP contribution in [0.15, 0.2) is 24.3 Å². The molecule has 0 atom stereocenters. The molecule has 0 spiro atoms. The average Bonchev–Trinajstić information content (AvgIpc) is 3.25. The van der Waals surface area contributed by atoms with Gasteiger partial charge >= 0.3 is 6.03 Å². The highest BCUT2D eigenvalue weighted by molar-refractivity contribution is 5.74. The van der Waals surface area contributed by atoms with E-state index < -0.39 is 0 Å². The summed E-state index contributed by atoms with van der Waals surface area (Å²) < 4.78 is 0. The van der Waals surface area contributed by atoms with Crippen molar-refractivity contribution in [2.75, 3.05) is 6.54 Å². The highest BCUT2D eigenvalue weighted by atomic mass is 16.2. The van der Waals surface area contributed by atoms with Gasteiger partial charge in [0, 0.05) is 26.6 Å². The van der Waals surface area contributed by atoms with Crippen molar-refractivity contribution in [1.29, 1.82) is 0 Å². The van der Waals surface area contributed by atoms with Crippen molar-refractivity contribution in [2.24, 2.45) is 5.92 Å². The fourth-order valence-electron chi connectivity index (χ4n) is 1.88. The van der Waals surface area contributed by atoms with Gasteiger partial charge in [-0.2, -0.15) is 0 Å². The van der Waals surface area contributed by atoms with E-state index in [1.807, 2.05) is 24.3 Å². The third-order valence-electron chi connectivity index (χ3n) is 3.23. The molecule has 0 unspecified atom stereocenters. The van der Waals surface area contributed by atoms with Crippen LogP contribution in [0.3, 0.4) is 0 Å². The molecule has 2 rings (SSSR count). The number of nitrogens with one attached hydrogen (secondary N) is 3. The van der Waals surface area contributed by atoms with Crippen LogP contribution in [0.1, 0.15) is 30.9 Å². The van der Waals surface area contributed by atoms with E-state index in [2.05, 4.69) is 16.0 Å². The van der Waals surface area contributed by atoms with Crippen LogP contribution in [0.4, 0.5) is 4.79 Å². The first kappa shape index (κ1) is 14.4. The Morgan fingerprint density at radius 1 is 1.10 bits per heavy atom. The minimum absolute atomic E-state index is 0.0482. The number of amides is 3. The summed E-state index contributed by atoms with van der Waals surface area (Å²) in [5, 5.41) is 8.45. The third kappa shape index (κ3) is 5.30. The zero-order valence-electron chi connectivity index (χ0n) is 11.7. The molecule has 1 aromatic rings. The van der Waals surface area contributed by atoms with E-state index in [4.69, 9.17) is 0 Å². The van der Waals surface area contributed by atoms with Gasteiger partial charge in [0.2, 0.25) is 5.91 Å². The van der Waals surface area contributed by atoms with Crippen molar-refractivity contribution in [3.63, 3.8) is 0 Å². The van der Waals surface area contributed by atoms with Gasteiger partial charge in [-0.25, -0.2) is 4.79 Å². The smallest absolute Gasteiger partial charge is 0.315 e. The maximum absolute atomic E-state index is 11.6. The van der Waals surface area contributed by atoms with Gasteiger partial charge in [0.1, 0.15) is 0 Å². The Hall–Kier alpha value is -2.04. The molecule has 1 aliphatic rings. The first-order valence-electron chi connectivity index (χ1n) is 6.97. The number of urea groups is 1. The molecule has 5 nitrogen and oxygen atoms in total. The van der Waals surface area contributed by atoms with Crippen LogP contribution in [0, 0.1) is 5.92 Å². The number of benzene rings is 1. The van der Waals surface area contributed by atoms with Gasteiger partial charge in [0.25, 0.3) is 0 Å². The van der Waals surface area contributed by atoms with Gasteiger partial charge in [-0.15, -0.1) is 0 Å². The normalized spacial score (nSPS) is 13.7. The summed E-state index contributed by atoms with van der Waals surface area (Å²) in [7, 11) is 0. The van der Waals surface area contributed by atoms with Gasteiger partial charge in [-0.3, -0.25) is 4.79 Å². The maximum Gasteiger partial charge on any atom is 0.315 e. The van der Waals surface area contributed by atoms with Crippen LogP contribution in [0.2, 0.25) is 0 Å². The second kappa shape index (κ2) is 6.93. The molecule has 1 fully saturated rings. The van der Waals surface area contributed by atoms with E-state index in [-0.39, 0.29) is 11.9 Å². The molecule has 1 aliphatic carbocycles. The molecular weight excluding hydrogens is 254 g/mol. The first-order chi connectivity index (χ1) is 9.63. The minimum atomic E-state index is -0.121. The van der Waals surface area contributed by atoms with E-state index in [0.717, 1.165) is 17.7 Å². The van der Waals surface area contributed by atoms with E-state index in [1.165, 1.54) is 19.8 Å². The van der Waals surface area contributed by atoms with Gasteiger partial charge in [-0.1, -0.05) is 24.3 Å². The van der Waals surface area contributed by atoms with Crippen molar-refractivity contribution in [1.82, 2.24) is 16.0 Å². The lowest BCUT2D eigenvalue weighted by Crippen LogP contribution is -2.36. The molecular formula is C15H21N3O2. The standard InChI is InChI=1S/C15H21N3O2/c1-11(19)16-9-13-3-2-4-14(7-13)10-18-15(20)17-8-12-5-6-12/h2-4,7,12H,5-6,8-10H2,1H3,(H,16,19)(H2,17,18,20). The number of carbonyl (C=O) groups excluding carboxylic acids is 2. The van der Waals surface area contributed by atoms with Crippen LogP contribution in [-0.2, 0) is 17.9 Å². The fourth-order valence-corrected chi connectivity index (χ4v) is 1.88. The summed E-state index contributed by atoms with van der Waals surface area (Å²) in [6.45, 7) is 3.27. The monoisotopic (exact) mass is 275 g/mol. The Kier molecular flexibility index (Phi) is 4.98. The Morgan fingerprint density at radius 3 is 2.35 bits per heavy atom. The van der Waals surface area contributed by atoms with Crippen LogP contribution >= 0.6 is 0 Å². The largest absolute Gasteiger partial charge is 0.352 e. The Bertz CT molecular complexity index is 484. The fraction of sp³-hybridized carbons (Fsp3) is 0.467. The van der Waals surface area contributed by atoms with Gasteiger partial charge < -0.3 is 16.0 Å². The molecule has 0 heterocycles. The Labute approximate surface area is 119 Å². The lowest BCUT2D eigenvalue weighted by atomic mass is 10.1. The van der Waals surface area contributed by atoms with Crippen molar-refractivity contribution in [3.8, 4) is 0 Å². The molecule has 0 aromatic heterocycles. The summed E-state index contributed by atoms with van der Waals surface area (Å²) in [6, 6.07) is 7.70. The van der Waals surface area contributed by atoms with Crippen molar-refractivity contribution >= 4 is 11.9 Å². The van der Waals surface area contributed by atoms with Gasteiger partial charge in [0.05, 0.1) is 0 Å². The molecule has 20 heavy (non-hydrogen) atoms. The van der Waals surface area contributed by atoms with E-state index in [1.54, 1.807) is 0 Å². The van der Waals surface area contributed by atoms with Crippen LogP contribution in [-0.4, -0.2) is 18.5 Å². The van der Waals surface area contributed by atoms with Gasteiger partial charge in [-0.05, 0) is 29.9 Å². The SMILES string of the molecule is CC(=O)NCc1cccc(CNC(=O)NCC2CC2)c1. The summed E-state index contributed by atoms with van der Waals surface area (Å²) in [5.74, 6) is 0.634. The lowest BCUT2D eigenvalue weighted by molar-refractivity contribution is -0.119. The number of rotatable bonds is 6. The van der Waals surface area contributed by atoms with Crippen molar-refractivity contribution < 1.29 is 9.59 Å². The molecule has 0 radical (unpaired) electrons. The topological polar surface area (TPSA) is 70.2 Å². The van der Waals surface area contributed by atoms with Crippen LogP contribution in [0.25, 0.3) is 0 Å². The zero-order valence-corrected chi connectivity index (χ0v) is 11.7. The number of carbonyl (C=O) groups is 2. The number of hydrogen-bond acceptors (Lipinski definition) is 2. The molecule has 3 amide bonds. The molecule has 1 aromatic carbocycles. The molecule has 0 bridgehead atoms. The highest BCUT2D eigenvalue weighted by Gasteiger charge is 2.21. The van der Waals surface area contributed by atoms with Crippen LogP contribution in [0.5, 0.6) is 0 Å². The highest BCUT2D eigenvalue weighted by Crippen LogP contribution is 2.27. The summed E-state index contributed by atoms with van der Waals surface area (Å²) in [5.41, 5.74) is 2.05. The van der Waals surface area contributed by atoms with E-state index >= 15 is 0 Å². The predicted molar refractivity (Wildman–Crippen MR) is 76.9 cm³/mol. The predicted octanol–water partition coefficient (Wildman–Crippen LogP) is 1.53.